The maximum atomic E-state index is 12.9. The first kappa shape index (κ1) is 17.8. The van der Waals surface area contributed by atoms with E-state index in [9.17, 15) is 13.2 Å². The average molecular weight is 417 g/mol. The molecular weight excluding hydrogens is 396 g/mol. The largest absolute Gasteiger partial charge is 0.349 e. The van der Waals surface area contributed by atoms with Crippen LogP contribution in [0.15, 0.2) is 23.6 Å². The maximum Gasteiger partial charge on any atom is 0.252 e. The molecule has 1 aliphatic carbocycles. The number of nitrogens with zero attached hydrogens (tertiary/aromatic N) is 3. The van der Waals surface area contributed by atoms with Crippen LogP contribution in [0.3, 0.4) is 0 Å². The highest BCUT2D eigenvalue weighted by Gasteiger charge is 2.33. The number of hydrogen-bond donors (Lipinski definition) is 1. The van der Waals surface area contributed by atoms with Crippen LogP contribution in [0.2, 0.25) is 0 Å². The highest BCUT2D eigenvalue weighted by molar-refractivity contribution is 7.91. The van der Waals surface area contributed by atoms with E-state index in [1.807, 2.05) is 30.5 Å². The minimum atomic E-state index is -3.06. The van der Waals surface area contributed by atoms with Gasteiger partial charge in [0.15, 0.2) is 15.5 Å². The van der Waals surface area contributed by atoms with Gasteiger partial charge in [-0.05, 0) is 43.7 Å². The summed E-state index contributed by atoms with van der Waals surface area (Å²) in [5.74, 6) is 0.115. The van der Waals surface area contributed by atoms with Gasteiger partial charge in [-0.2, -0.15) is 5.10 Å². The fourth-order valence-corrected chi connectivity index (χ4v) is 6.13. The number of aryl methyl sites for hydroxylation is 1. The second-order valence-electron chi connectivity index (χ2n) is 7.57. The van der Waals surface area contributed by atoms with Crippen molar-refractivity contribution in [1.82, 2.24) is 20.1 Å². The number of sulfone groups is 1. The van der Waals surface area contributed by atoms with Crippen LogP contribution < -0.4 is 5.32 Å². The molecule has 3 aromatic rings. The molecule has 1 aliphatic heterocycles. The number of thiophene rings is 1. The lowest BCUT2D eigenvalue weighted by atomic mass is 10.1. The summed E-state index contributed by atoms with van der Waals surface area (Å²) in [5.41, 5.74) is 2.56. The lowest BCUT2D eigenvalue weighted by Crippen LogP contribution is -2.25. The van der Waals surface area contributed by atoms with E-state index in [2.05, 4.69) is 10.4 Å². The molecule has 1 N–H and O–H groups in total. The number of pyridine rings is 1. The van der Waals surface area contributed by atoms with Crippen molar-refractivity contribution in [2.24, 2.45) is 0 Å². The number of aromatic nitrogens is 3. The number of rotatable bonds is 4. The van der Waals surface area contributed by atoms with Gasteiger partial charge in [-0.3, -0.25) is 4.79 Å². The van der Waals surface area contributed by atoms with E-state index in [-0.39, 0.29) is 29.5 Å². The normalized spacial score (nSPS) is 21.2. The van der Waals surface area contributed by atoms with Gasteiger partial charge < -0.3 is 5.32 Å². The number of hydrogen-bond acceptors (Lipinski definition) is 6. The second kappa shape index (κ2) is 6.38. The summed E-state index contributed by atoms with van der Waals surface area (Å²) in [5, 5.41) is 10.3. The summed E-state index contributed by atoms with van der Waals surface area (Å²) < 4.78 is 25.7. The molecule has 0 bridgehead atoms. The molecule has 4 heterocycles. The molecule has 1 atom stereocenters. The molecule has 7 nitrogen and oxygen atoms in total. The van der Waals surface area contributed by atoms with E-state index in [1.54, 1.807) is 16.0 Å². The molecule has 2 fully saturated rings. The molecule has 0 radical (unpaired) electrons. The fraction of sp³-hybridized carbons (Fsp3) is 0.421. The minimum Gasteiger partial charge on any atom is -0.349 e. The lowest BCUT2D eigenvalue weighted by Gasteiger charge is -2.11. The Balaban J connectivity index is 1.70. The molecule has 0 spiro atoms. The Morgan fingerprint density at radius 1 is 1.32 bits per heavy atom. The molecule has 3 aromatic heterocycles. The third-order valence-electron chi connectivity index (χ3n) is 5.32. The SMILES string of the molecule is Cc1nn([C@H]2CCS(=O)(=O)C2)c2nc(-c3cccs3)cc(C(=O)NC3CC3)c12. The topological polar surface area (TPSA) is 93.9 Å². The predicted molar refractivity (Wildman–Crippen MR) is 108 cm³/mol. The first-order valence-electron chi connectivity index (χ1n) is 9.36. The van der Waals surface area contributed by atoms with Crippen molar-refractivity contribution in [3.8, 4) is 10.6 Å². The molecule has 0 unspecified atom stereocenters. The highest BCUT2D eigenvalue weighted by atomic mass is 32.2. The zero-order chi connectivity index (χ0) is 19.5. The van der Waals surface area contributed by atoms with Gasteiger partial charge in [-0.25, -0.2) is 18.1 Å². The molecule has 146 valence electrons. The molecular formula is C19H20N4O3S2. The Labute approximate surface area is 166 Å². The zero-order valence-corrected chi connectivity index (χ0v) is 17.0. The van der Waals surface area contributed by atoms with Gasteiger partial charge in [-0.1, -0.05) is 6.07 Å². The second-order valence-corrected chi connectivity index (χ2v) is 10.7. The summed E-state index contributed by atoms with van der Waals surface area (Å²) in [6, 6.07) is 5.75. The number of carbonyl (C=O) groups is 1. The molecule has 1 saturated carbocycles. The summed E-state index contributed by atoms with van der Waals surface area (Å²) >= 11 is 1.56. The Hall–Kier alpha value is -2.26. The third-order valence-corrected chi connectivity index (χ3v) is 7.96. The monoisotopic (exact) mass is 416 g/mol. The van der Waals surface area contributed by atoms with Crippen molar-refractivity contribution in [2.45, 2.75) is 38.3 Å². The number of carbonyl (C=O) groups excluding carboxylic acids is 1. The Bertz CT molecular complexity index is 1180. The van der Waals surface area contributed by atoms with E-state index in [0.717, 1.165) is 17.7 Å². The van der Waals surface area contributed by atoms with Gasteiger partial charge in [0.25, 0.3) is 5.91 Å². The standard InChI is InChI=1S/C19H20N4O3S2/c1-11-17-14(19(24)20-12-4-5-12)9-15(16-3-2-7-27-16)21-18(17)23(22-11)13-6-8-28(25,26)10-13/h2-3,7,9,12-13H,4-6,8,10H2,1H3,(H,20,24)/t13-/m0/s1. The van der Waals surface area contributed by atoms with E-state index in [4.69, 9.17) is 4.98 Å². The van der Waals surface area contributed by atoms with Crippen LogP contribution in [0.5, 0.6) is 0 Å². The van der Waals surface area contributed by atoms with Crippen molar-refractivity contribution >= 4 is 38.1 Å². The average Bonchev–Trinajstić information content (AvgIpc) is 3.06. The Morgan fingerprint density at radius 2 is 2.14 bits per heavy atom. The van der Waals surface area contributed by atoms with Crippen molar-refractivity contribution in [2.75, 3.05) is 11.5 Å². The maximum absolute atomic E-state index is 12.9. The van der Waals surface area contributed by atoms with Crippen LogP contribution >= 0.6 is 11.3 Å². The van der Waals surface area contributed by atoms with Gasteiger partial charge in [0.05, 0.1) is 44.8 Å². The smallest absolute Gasteiger partial charge is 0.252 e. The van der Waals surface area contributed by atoms with E-state index in [1.165, 1.54) is 0 Å². The first-order valence-corrected chi connectivity index (χ1v) is 12.1. The molecule has 5 rings (SSSR count). The van der Waals surface area contributed by atoms with Gasteiger partial charge in [0, 0.05) is 6.04 Å². The van der Waals surface area contributed by atoms with E-state index >= 15 is 0 Å². The molecule has 28 heavy (non-hydrogen) atoms. The van der Waals surface area contributed by atoms with Gasteiger partial charge in [-0.15, -0.1) is 11.3 Å². The summed E-state index contributed by atoms with van der Waals surface area (Å²) in [6.45, 7) is 1.85. The predicted octanol–water partition coefficient (Wildman–Crippen LogP) is 2.72. The number of nitrogens with one attached hydrogen (secondary N) is 1. The minimum absolute atomic E-state index is 0.0672. The van der Waals surface area contributed by atoms with Crippen LogP contribution in [0.25, 0.3) is 21.6 Å². The molecule has 9 heteroatoms. The zero-order valence-electron chi connectivity index (χ0n) is 15.4. The van der Waals surface area contributed by atoms with Crippen LogP contribution in [0.4, 0.5) is 0 Å². The van der Waals surface area contributed by atoms with E-state index < -0.39 is 9.84 Å². The fourth-order valence-electron chi connectivity index (χ4n) is 3.76. The number of amides is 1. The van der Waals surface area contributed by atoms with Crippen molar-refractivity contribution in [3.05, 3.63) is 34.8 Å². The number of fused-ring (bicyclic) bond motifs is 1. The van der Waals surface area contributed by atoms with Crippen molar-refractivity contribution in [1.29, 1.82) is 0 Å². The van der Waals surface area contributed by atoms with Crippen molar-refractivity contribution in [3.63, 3.8) is 0 Å². The summed E-state index contributed by atoms with van der Waals surface area (Å²) in [4.78, 5) is 18.7. The summed E-state index contributed by atoms with van der Waals surface area (Å²) in [7, 11) is -3.06. The third kappa shape index (κ3) is 3.12. The van der Waals surface area contributed by atoms with Gasteiger partial charge >= 0.3 is 0 Å². The summed E-state index contributed by atoms with van der Waals surface area (Å²) in [6.07, 6.45) is 2.54. The first-order chi connectivity index (χ1) is 13.4. The van der Waals surface area contributed by atoms with Crippen LogP contribution in [0, 0.1) is 6.92 Å². The molecule has 1 amide bonds. The van der Waals surface area contributed by atoms with Crippen LogP contribution in [-0.4, -0.2) is 46.6 Å². The Kier molecular flexibility index (Phi) is 4.06. The van der Waals surface area contributed by atoms with Crippen molar-refractivity contribution < 1.29 is 13.2 Å². The lowest BCUT2D eigenvalue weighted by molar-refractivity contribution is 0.0952. The quantitative estimate of drug-likeness (QED) is 0.706. The molecule has 1 saturated heterocycles. The highest BCUT2D eigenvalue weighted by Crippen LogP contribution is 2.33. The van der Waals surface area contributed by atoms with Gasteiger partial charge in [0.1, 0.15) is 0 Å². The van der Waals surface area contributed by atoms with Crippen LogP contribution in [-0.2, 0) is 9.84 Å². The van der Waals surface area contributed by atoms with E-state index in [0.29, 0.717) is 34.4 Å². The molecule has 2 aliphatic rings. The Morgan fingerprint density at radius 3 is 2.79 bits per heavy atom. The van der Waals surface area contributed by atoms with Gasteiger partial charge in [0.2, 0.25) is 0 Å². The molecule has 0 aromatic carbocycles. The van der Waals surface area contributed by atoms with Crippen LogP contribution in [0.1, 0.15) is 41.4 Å².